The molecule has 0 N–H and O–H groups in total. The van der Waals surface area contributed by atoms with E-state index in [2.05, 4.69) is 229 Å². The van der Waals surface area contributed by atoms with Crippen LogP contribution < -0.4 is 4.90 Å². The number of fused-ring (bicyclic) bond motifs is 14. The fraction of sp³-hybridized carbons (Fsp3) is 0.0169. The lowest BCUT2D eigenvalue weighted by Gasteiger charge is -2.32. The lowest BCUT2D eigenvalue weighted by Crippen LogP contribution is -2.26. The molecular formula is C59H37NS. The first-order valence-electron chi connectivity index (χ1n) is 21.1. The number of rotatable bonds is 5. The minimum Gasteiger partial charge on any atom is -0.310 e. The second kappa shape index (κ2) is 13.2. The quantitative estimate of drug-likeness (QED) is 0.168. The van der Waals surface area contributed by atoms with Crippen molar-refractivity contribution in [1.82, 2.24) is 0 Å². The van der Waals surface area contributed by atoms with Crippen LogP contribution in [0.25, 0.3) is 75.5 Å². The van der Waals surface area contributed by atoms with Gasteiger partial charge in [0.25, 0.3) is 0 Å². The zero-order chi connectivity index (χ0) is 40.1. The summed E-state index contributed by atoms with van der Waals surface area (Å²) in [5, 5.41) is 5.14. The molecule has 0 radical (unpaired) electrons. The Morgan fingerprint density at radius 2 is 0.902 bits per heavy atom. The Balaban J connectivity index is 1.06. The highest BCUT2D eigenvalue weighted by Crippen LogP contribution is 2.64. The Labute approximate surface area is 359 Å². The Bertz CT molecular complexity index is 3500. The van der Waals surface area contributed by atoms with Crippen LogP contribution in [0.3, 0.4) is 0 Å². The maximum Gasteiger partial charge on any atom is 0.0726 e. The second-order valence-corrected chi connectivity index (χ2v) is 17.4. The monoisotopic (exact) mass is 791 g/mol. The molecule has 10 aromatic carbocycles. The lowest BCUT2D eigenvalue weighted by atomic mass is 9.70. The van der Waals surface area contributed by atoms with Crippen molar-refractivity contribution in [1.29, 1.82) is 0 Å². The van der Waals surface area contributed by atoms with Crippen LogP contribution in [-0.4, -0.2) is 0 Å². The molecule has 61 heavy (non-hydrogen) atoms. The zero-order valence-corrected chi connectivity index (χ0v) is 34.0. The van der Waals surface area contributed by atoms with Crippen molar-refractivity contribution in [3.63, 3.8) is 0 Å². The summed E-state index contributed by atoms with van der Waals surface area (Å²) in [6.45, 7) is 0. The Morgan fingerprint density at radius 3 is 1.70 bits per heavy atom. The van der Waals surface area contributed by atoms with Gasteiger partial charge in [0.05, 0.1) is 11.1 Å². The molecule has 2 aliphatic carbocycles. The van der Waals surface area contributed by atoms with Gasteiger partial charge in [0.15, 0.2) is 0 Å². The average molecular weight is 792 g/mol. The van der Waals surface area contributed by atoms with Gasteiger partial charge in [-0.05, 0) is 114 Å². The van der Waals surface area contributed by atoms with Gasteiger partial charge in [0, 0.05) is 37.1 Å². The van der Waals surface area contributed by atoms with E-state index in [0.29, 0.717) is 0 Å². The summed E-state index contributed by atoms with van der Waals surface area (Å²) in [5.41, 5.74) is 18.4. The van der Waals surface area contributed by atoms with Crippen LogP contribution in [-0.2, 0) is 5.41 Å². The number of anilines is 3. The van der Waals surface area contributed by atoms with Crippen LogP contribution in [0.4, 0.5) is 17.1 Å². The van der Waals surface area contributed by atoms with Crippen LogP contribution in [0.5, 0.6) is 0 Å². The number of thiophene rings is 1. The topological polar surface area (TPSA) is 3.24 Å². The van der Waals surface area contributed by atoms with E-state index in [0.717, 1.165) is 17.1 Å². The van der Waals surface area contributed by atoms with Crippen molar-refractivity contribution < 1.29 is 0 Å². The van der Waals surface area contributed by atoms with Gasteiger partial charge in [0.2, 0.25) is 0 Å². The zero-order valence-electron chi connectivity index (χ0n) is 33.2. The molecule has 0 bridgehead atoms. The maximum atomic E-state index is 2.50. The van der Waals surface area contributed by atoms with E-state index in [4.69, 9.17) is 0 Å². The van der Waals surface area contributed by atoms with E-state index in [-0.39, 0.29) is 0 Å². The van der Waals surface area contributed by atoms with Gasteiger partial charge in [-0.1, -0.05) is 182 Å². The fourth-order valence-electron chi connectivity index (χ4n) is 10.8. The van der Waals surface area contributed by atoms with Gasteiger partial charge in [-0.2, -0.15) is 0 Å². The molecule has 2 aliphatic rings. The Kier molecular flexibility index (Phi) is 7.46. The fourth-order valence-corrected chi connectivity index (χ4v) is 12.0. The highest BCUT2D eigenvalue weighted by atomic mass is 32.1. The lowest BCUT2D eigenvalue weighted by molar-refractivity contribution is 0.794. The molecule has 0 fully saturated rings. The van der Waals surface area contributed by atoms with E-state index in [1.165, 1.54) is 97.7 Å². The summed E-state index contributed by atoms with van der Waals surface area (Å²) in [5.74, 6) is 0. The summed E-state index contributed by atoms with van der Waals surface area (Å²) in [7, 11) is 0. The molecule has 1 aromatic heterocycles. The summed E-state index contributed by atoms with van der Waals surface area (Å²) in [6.07, 6.45) is 0. The minimum absolute atomic E-state index is 0.434. The predicted molar refractivity (Wildman–Crippen MR) is 259 cm³/mol. The number of hydrogen-bond acceptors (Lipinski definition) is 2. The molecule has 0 atom stereocenters. The van der Waals surface area contributed by atoms with E-state index in [9.17, 15) is 0 Å². The number of benzene rings is 10. The third-order valence-electron chi connectivity index (χ3n) is 13.3. The van der Waals surface area contributed by atoms with Crippen LogP contribution in [0, 0.1) is 0 Å². The SMILES string of the molecule is c1cc(-c2cccc3sc4ccccc4c23)cc(N(c2ccc(-c3cccc4ccccc34)cc2)c2cccc3c2-c2ccccc2C32c3ccccc3-c3ccccc32)c1. The molecule has 1 nitrogen and oxygen atoms in total. The average Bonchev–Trinajstić information content (AvgIpc) is 3.97. The molecular weight excluding hydrogens is 755 g/mol. The van der Waals surface area contributed by atoms with Crippen molar-refractivity contribution >= 4 is 59.3 Å². The molecule has 0 saturated carbocycles. The first kappa shape index (κ1) is 34.4. The normalized spacial score (nSPS) is 13.0. The summed E-state index contributed by atoms with van der Waals surface area (Å²) >= 11 is 1.87. The van der Waals surface area contributed by atoms with Gasteiger partial charge in [-0.25, -0.2) is 0 Å². The van der Waals surface area contributed by atoms with E-state index in [1.54, 1.807) is 0 Å². The first-order chi connectivity index (χ1) is 30.3. The van der Waals surface area contributed by atoms with E-state index < -0.39 is 5.41 Å². The standard InChI is InChI=1S/C59H37NS/c1-2-19-43-38(15-1)16-12-24-44(43)39-33-35-41(36-34-39)60(42-18-11-17-40(37-42)45-25-13-32-56-57(45)49-23-6-10-31-55(49)61-56)54-30-14-29-53-58(54)48-22-5-9-28-52(48)59(53)50-26-7-3-20-46(50)47-21-4-8-27-51(47)59/h1-37H. The van der Waals surface area contributed by atoms with Gasteiger partial charge in [-0.15, -0.1) is 11.3 Å². The van der Waals surface area contributed by atoms with Crippen molar-refractivity contribution in [2.24, 2.45) is 0 Å². The van der Waals surface area contributed by atoms with Crippen molar-refractivity contribution in [3.05, 3.63) is 247 Å². The third-order valence-corrected chi connectivity index (χ3v) is 14.4. The minimum atomic E-state index is -0.434. The van der Waals surface area contributed by atoms with Crippen LogP contribution in [0.1, 0.15) is 22.3 Å². The second-order valence-electron chi connectivity index (χ2n) is 16.3. The van der Waals surface area contributed by atoms with Crippen molar-refractivity contribution in [2.45, 2.75) is 5.41 Å². The molecule has 2 heteroatoms. The van der Waals surface area contributed by atoms with Gasteiger partial charge < -0.3 is 4.90 Å². The molecule has 0 aliphatic heterocycles. The molecule has 1 heterocycles. The first-order valence-corrected chi connectivity index (χ1v) is 21.9. The Morgan fingerprint density at radius 1 is 0.344 bits per heavy atom. The molecule has 1 spiro atoms. The van der Waals surface area contributed by atoms with Crippen LogP contribution >= 0.6 is 11.3 Å². The smallest absolute Gasteiger partial charge is 0.0726 e. The molecule has 0 unspecified atom stereocenters. The van der Waals surface area contributed by atoms with E-state index in [1.807, 2.05) is 11.3 Å². The predicted octanol–water partition coefficient (Wildman–Crippen LogP) is 16.4. The number of hydrogen-bond donors (Lipinski definition) is 0. The maximum absolute atomic E-state index is 2.50. The van der Waals surface area contributed by atoms with Gasteiger partial charge in [0.1, 0.15) is 0 Å². The number of nitrogens with zero attached hydrogens (tertiary/aromatic N) is 1. The highest BCUT2D eigenvalue weighted by Gasteiger charge is 2.52. The van der Waals surface area contributed by atoms with Crippen LogP contribution in [0.2, 0.25) is 0 Å². The third kappa shape index (κ3) is 4.88. The van der Waals surface area contributed by atoms with Gasteiger partial charge in [-0.3, -0.25) is 0 Å². The van der Waals surface area contributed by atoms with E-state index >= 15 is 0 Å². The van der Waals surface area contributed by atoms with Crippen molar-refractivity contribution in [2.75, 3.05) is 4.90 Å². The van der Waals surface area contributed by atoms with Crippen LogP contribution in [0.15, 0.2) is 224 Å². The summed E-state index contributed by atoms with van der Waals surface area (Å²) in [6, 6.07) is 83.5. The van der Waals surface area contributed by atoms with Crippen molar-refractivity contribution in [3.8, 4) is 44.5 Å². The van der Waals surface area contributed by atoms with Gasteiger partial charge >= 0.3 is 0 Å². The Hall–Kier alpha value is -7.52. The molecule has 284 valence electrons. The summed E-state index contributed by atoms with van der Waals surface area (Å²) < 4.78 is 2.63. The molecule has 0 saturated heterocycles. The molecule has 11 aromatic rings. The largest absolute Gasteiger partial charge is 0.310 e. The molecule has 0 amide bonds. The molecule has 13 rings (SSSR count). The highest BCUT2D eigenvalue weighted by molar-refractivity contribution is 7.25. The summed E-state index contributed by atoms with van der Waals surface area (Å²) in [4.78, 5) is 2.50.